The van der Waals surface area contributed by atoms with Gasteiger partial charge in [-0.05, 0) is 44.0 Å². The summed E-state index contributed by atoms with van der Waals surface area (Å²) < 4.78 is 0. The van der Waals surface area contributed by atoms with Gasteiger partial charge in [-0.25, -0.2) is 0 Å². The molecule has 0 unspecified atom stereocenters. The highest BCUT2D eigenvalue weighted by atomic mass is 35.5. The summed E-state index contributed by atoms with van der Waals surface area (Å²) in [6.45, 7) is 2.55. The fourth-order valence-electron chi connectivity index (χ4n) is 3.82. The minimum Gasteiger partial charge on any atom is -0.392 e. The van der Waals surface area contributed by atoms with Crippen molar-refractivity contribution in [2.45, 2.75) is 25.4 Å². The number of amides is 2. The molecule has 26 heavy (non-hydrogen) atoms. The Morgan fingerprint density at radius 1 is 1.38 bits per heavy atom. The number of hydrogen-bond acceptors (Lipinski definition) is 4. The number of carbonyl (C=O) groups excluding carboxylic acids is 2. The second-order valence-corrected chi connectivity index (χ2v) is 7.91. The molecule has 3 N–H and O–H groups in total. The van der Waals surface area contributed by atoms with Crippen molar-refractivity contribution in [1.29, 1.82) is 0 Å². The van der Waals surface area contributed by atoms with Crippen molar-refractivity contribution >= 4 is 35.0 Å². The molecule has 3 rings (SSSR count). The van der Waals surface area contributed by atoms with Crippen LogP contribution in [0.25, 0.3) is 0 Å². The van der Waals surface area contributed by atoms with Crippen molar-refractivity contribution in [3.8, 4) is 0 Å². The molecule has 0 saturated carbocycles. The summed E-state index contributed by atoms with van der Waals surface area (Å²) in [6, 6.07) is 4.62. The number of likely N-dealkylation sites (tertiary alicyclic amines) is 1. The third-order valence-electron chi connectivity index (χ3n) is 5.31. The highest BCUT2D eigenvalue weighted by Gasteiger charge is 2.44. The maximum absolute atomic E-state index is 12.6. The van der Waals surface area contributed by atoms with E-state index >= 15 is 0 Å². The monoisotopic (exact) mass is 399 g/mol. The number of benzene rings is 1. The zero-order valence-electron chi connectivity index (χ0n) is 14.4. The van der Waals surface area contributed by atoms with Crippen LogP contribution < -0.4 is 10.6 Å². The molecule has 8 heteroatoms. The van der Waals surface area contributed by atoms with Gasteiger partial charge < -0.3 is 20.6 Å². The van der Waals surface area contributed by atoms with Crippen LogP contribution in [0, 0.1) is 5.41 Å². The van der Waals surface area contributed by atoms with Gasteiger partial charge in [0.15, 0.2) is 0 Å². The number of rotatable bonds is 3. The van der Waals surface area contributed by atoms with Gasteiger partial charge in [0.1, 0.15) is 0 Å². The Labute approximate surface area is 162 Å². The number of nitrogens with zero attached hydrogens (tertiary/aromatic N) is 1. The zero-order chi connectivity index (χ0) is 18.7. The van der Waals surface area contributed by atoms with E-state index in [0.29, 0.717) is 31.1 Å². The van der Waals surface area contributed by atoms with E-state index in [9.17, 15) is 14.7 Å². The number of aliphatic hydroxyl groups excluding tert-OH is 1. The van der Waals surface area contributed by atoms with E-state index in [1.54, 1.807) is 17.0 Å². The number of carbonyl (C=O) groups is 2. The quantitative estimate of drug-likeness (QED) is 0.721. The highest BCUT2D eigenvalue weighted by Crippen LogP contribution is 2.36. The number of halogens is 2. The summed E-state index contributed by atoms with van der Waals surface area (Å²) in [5, 5.41) is 17.1. The van der Waals surface area contributed by atoms with Crippen molar-refractivity contribution < 1.29 is 14.7 Å². The molecule has 2 aliphatic heterocycles. The molecule has 0 radical (unpaired) electrons. The smallest absolute Gasteiger partial charge is 0.253 e. The fourth-order valence-corrected chi connectivity index (χ4v) is 4.20. The Balaban J connectivity index is 1.59. The van der Waals surface area contributed by atoms with Crippen LogP contribution in [-0.2, 0) is 4.79 Å². The normalized spacial score (nSPS) is 26.0. The first-order valence-corrected chi connectivity index (χ1v) is 9.57. The molecule has 0 aromatic heterocycles. The zero-order valence-corrected chi connectivity index (χ0v) is 15.9. The van der Waals surface area contributed by atoms with Gasteiger partial charge in [-0.3, -0.25) is 9.59 Å². The summed E-state index contributed by atoms with van der Waals surface area (Å²) in [6.07, 6.45) is 2.04. The van der Waals surface area contributed by atoms with E-state index in [1.165, 1.54) is 6.07 Å². The molecule has 1 aromatic rings. The topological polar surface area (TPSA) is 81.7 Å². The van der Waals surface area contributed by atoms with Crippen LogP contribution >= 0.6 is 23.2 Å². The predicted octanol–water partition coefficient (Wildman–Crippen LogP) is 1.69. The van der Waals surface area contributed by atoms with Gasteiger partial charge in [-0.1, -0.05) is 23.2 Å². The molecule has 6 nitrogen and oxygen atoms in total. The maximum Gasteiger partial charge on any atom is 0.253 e. The van der Waals surface area contributed by atoms with Crippen LogP contribution in [0.15, 0.2) is 18.2 Å². The molecule has 1 spiro atoms. The van der Waals surface area contributed by atoms with Crippen molar-refractivity contribution in [1.82, 2.24) is 15.5 Å². The Bertz CT molecular complexity index is 696. The highest BCUT2D eigenvalue weighted by molar-refractivity contribution is 6.35. The molecule has 0 bridgehead atoms. The molecule has 0 aliphatic carbocycles. The molecule has 142 valence electrons. The van der Waals surface area contributed by atoms with E-state index in [2.05, 4.69) is 10.6 Å². The first-order chi connectivity index (χ1) is 12.4. The Morgan fingerprint density at radius 3 is 2.96 bits per heavy atom. The van der Waals surface area contributed by atoms with Crippen LogP contribution in [0.5, 0.6) is 0 Å². The lowest BCUT2D eigenvalue weighted by Gasteiger charge is -2.48. The van der Waals surface area contributed by atoms with E-state index in [1.807, 2.05) is 0 Å². The van der Waals surface area contributed by atoms with Gasteiger partial charge in [0.05, 0.1) is 23.2 Å². The summed E-state index contributed by atoms with van der Waals surface area (Å²) in [5.74, 6) is -0.592. The Kier molecular flexibility index (Phi) is 6.07. The van der Waals surface area contributed by atoms with E-state index in [4.69, 9.17) is 23.2 Å². The number of hydrogen-bond donors (Lipinski definition) is 3. The van der Waals surface area contributed by atoms with E-state index in [-0.39, 0.29) is 28.5 Å². The van der Waals surface area contributed by atoms with Crippen molar-refractivity contribution in [3.63, 3.8) is 0 Å². The molecule has 2 fully saturated rings. The van der Waals surface area contributed by atoms with Crippen molar-refractivity contribution in [2.75, 3.05) is 32.7 Å². The number of piperidine rings is 2. The third-order valence-corrected chi connectivity index (χ3v) is 5.88. The summed E-state index contributed by atoms with van der Waals surface area (Å²) in [4.78, 5) is 26.6. The van der Waals surface area contributed by atoms with Gasteiger partial charge >= 0.3 is 0 Å². The predicted molar refractivity (Wildman–Crippen MR) is 101 cm³/mol. The second kappa shape index (κ2) is 8.13. The molecule has 2 atom stereocenters. The second-order valence-electron chi connectivity index (χ2n) is 7.07. The minimum atomic E-state index is -0.433. The van der Waals surface area contributed by atoms with Crippen LogP contribution in [0.3, 0.4) is 0 Å². The lowest BCUT2D eigenvalue weighted by atomic mass is 9.72. The number of aliphatic hydroxyl groups is 1. The molecular formula is C18H23Cl2N3O3. The molecular weight excluding hydrogens is 377 g/mol. The molecule has 2 aliphatic rings. The van der Waals surface area contributed by atoms with E-state index < -0.39 is 12.0 Å². The largest absolute Gasteiger partial charge is 0.392 e. The average Bonchev–Trinajstić information content (AvgIpc) is 2.64. The van der Waals surface area contributed by atoms with Crippen LogP contribution in [0.4, 0.5) is 0 Å². The van der Waals surface area contributed by atoms with Gasteiger partial charge in [0.25, 0.3) is 5.91 Å². The third kappa shape index (κ3) is 4.14. The van der Waals surface area contributed by atoms with Crippen LogP contribution in [0.2, 0.25) is 10.0 Å². The first kappa shape index (κ1) is 19.4. The van der Waals surface area contributed by atoms with E-state index in [0.717, 1.165) is 19.4 Å². The Morgan fingerprint density at radius 2 is 2.19 bits per heavy atom. The minimum absolute atomic E-state index is 0.110. The first-order valence-electron chi connectivity index (χ1n) is 8.81. The number of nitrogens with one attached hydrogen (secondary N) is 2. The summed E-state index contributed by atoms with van der Waals surface area (Å²) >= 11 is 11.9. The van der Waals surface area contributed by atoms with Crippen LogP contribution in [-0.4, -0.2) is 60.6 Å². The maximum atomic E-state index is 12.6. The Hall–Kier alpha value is -1.34. The van der Waals surface area contributed by atoms with Crippen molar-refractivity contribution in [2.24, 2.45) is 5.41 Å². The van der Waals surface area contributed by atoms with Gasteiger partial charge in [0, 0.05) is 30.1 Å². The molecule has 2 heterocycles. The summed E-state index contributed by atoms with van der Waals surface area (Å²) in [7, 11) is 0. The van der Waals surface area contributed by atoms with Gasteiger partial charge in [-0.15, -0.1) is 0 Å². The molecule has 2 amide bonds. The molecule has 2 saturated heterocycles. The molecule has 1 aromatic carbocycles. The lowest BCUT2D eigenvalue weighted by Crippen LogP contribution is -2.59. The average molecular weight is 400 g/mol. The van der Waals surface area contributed by atoms with Gasteiger partial charge in [0.2, 0.25) is 5.91 Å². The van der Waals surface area contributed by atoms with Gasteiger partial charge in [-0.2, -0.15) is 0 Å². The van der Waals surface area contributed by atoms with Crippen molar-refractivity contribution in [3.05, 3.63) is 33.8 Å². The fraction of sp³-hybridized carbons (Fsp3) is 0.556. The van der Waals surface area contributed by atoms with Crippen LogP contribution in [0.1, 0.15) is 29.6 Å². The summed E-state index contributed by atoms with van der Waals surface area (Å²) in [5.41, 5.74) is -0.0409. The lowest BCUT2D eigenvalue weighted by molar-refractivity contribution is -0.137. The standard InChI is InChI=1S/C18H23Cl2N3O3/c19-12-2-3-14(20)13(8-12)17(26)22-9-16(25)23-7-1-5-18(11-23)10-21-6-4-15(18)24/h2-3,8,15,21,24H,1,4-7,9-11H2,(H,22,26)/t15-,18-/m0/s1. The SMILES string of the molecule is O=C(NCC(=O)N1CCC[C@]2(CNCC[C@@H]2O)C1)c1cc(Cl)ccc1Cl.